The smallest absolute Gasteiger partial charge is 0.0894 e. The van der Waals surface area contributed by atoms with Gasteiger partial charge in [0.2, 0.25) is 0 Å². The predicted molar refractivity (Wildman–Crippen MR) is 78.6 cm³/mol. The van der Waals surface area contributed by atoms with Crippen molar-refractivity contribution in [3.63, 3.8) is 0 Å². The van der Waals surface area contributed by atoms with Crippen LogP contribution in [0, 0.1) is 5.92 Å². The third-order valence-corrected chi connectivity index (χ3v) is 4.75. The van der Waals surface area contributed by atoms with Gasteiger partial charge in [-0.15, -0.1) is 11.3 Å². The third kappa shape index (κ3) is 3.94. The lowest BCUT2D eigenvalue weighted by molar-refractivity contribution is 0.174. The van der Waals surface area contributed by atoms with Gasteiger partial charge in [-0.05, 0) is 49.9 Å². The fraction of sp³-hybridized carbons (Fsp3) is 0.600. The standard InChI is InChI=1S/C15H23NOS/c16-11-10-14(17)15-9-8-13(18-15)7-6-12-4-2-1-3-5-12/h6-9,12,14,17H,1-5,10-11,16H2/b7-6+. The number of rotatable bonds is 5. The molecule has 1 aliphatic rings. The molecule has 100 valence electrons. The Kier molecular flexibility index (Phi) is 5.42. The Hall–Kier alpha value is -0.640. The molecule has 0 amide bonds. The Morgan fingerprint density at radius 1 is 1.33 bits per heavy atom. The predicted octanol–water partition coefficient (Wildman–Crippen LogP) is 3.72. The van der Waals surface area contributed by atoms with Crippen molar-refractivity contribution >= 4 is 17.4 Å². The van der Waals surface area contributed by atoms with Crippen LogP contribution in [0.25, 0.3) is 6.08 Å². The van der Waals surface area contributed by atoms with Gasteiger partial charge in [0, 0.05) is 9.75 Å². The van der Waals surface area contributed by atoms with Crippen molar-refractivity contribution in [3.8, 4) is 0 Å². The largest absolute Gasteiger partial charge is 0.388 e. The molecule has 1 aromatic heterocycles. The lowest BCUT2D eigenvalue weighted by Crippen LogP contribution is -2.05. The van der Waals surface area contributed by atoms with E-state index >= 15 is 0 Å². The molecule has 1 fully saturated rings. The van der Waals surface area contributed by atoms with Gasteiger partial charge in [0.1, 0.15) is 0 Å². The van der Waals surface area contributed by atoms with Crippen molar-refractivity contribution in [3.05, 3.63) is 28.0 Å². The van der Waals surface area contributed by atoms with Crippen LogP contribution in [0.15, 0.2) is 18.2 Å². The number of nitrogens with two attached hydrogens (primary N) is 1. The number of hydrogen-bond donors (Lipinski definition) is 2. The normalized spacial score (nSPS) is 19.4. The average molecular weight is 265 g/mol. The van der Waals surface area contributed by atoms with Gasteiger partial charge >= 0.3 is 0 Å². The van der Waals surface area contributed by atoms with Crippen LogP contribution in [0.1, 0.15) is 54.4 Å². The van der Waals surface area contributed by atoms with Crippen molar-refractivity contribution in [2.45, 2.75) is 44.6 Å². The lowest BCUT2D eigenvalue weighted by Gasteiger charge is -2.17. The van der Waals surface area contributed by atoms with Gasteiger partial charge in [-0.3, -0.25) is 0 Å². The molecule has 0 aromatic carbocycles. The second-order valence-electron chi connectivity index (χ2n) is 5.09. The number of allylic oxidation sites excluding steroid dienone is 1. The second kappa shape index (κ2) is 7.07. The SMILES string of the molecule is NCCC(O)c1ccc(/C=C/C2CCCCC2)s1. The second-order valence-corrected chi connectivity index (χ2v) is 6.24. The first-order valence-corrected chi connectivity index (χ1v) is 7.77. The Balaban J connectivity index is 1.91. The highest BCUT2D eigenvalue weighted by Gasteiger charge is 2.11. The Labute approximate surface area is 114 Å². The summed E-state index contributed by atoms with van der Waals surface area (Å²) in [5.74, 6) is 0.762. The molecule has 1 aliphatic carbocycles. The lowest BCUT2D eigenvalue weighted by atomic mass is 9.89. The maximum absolute atomic E-state index is 9.86. The van der Waals surface area contributed by atoms with E-state index in [4.69, 9.17) is 5.73 Å². The van der Waals surface area contributed by atoms with Crippen molar-refractivity contribution in [2.24, 2.45) is 11.7 Å². The van der Waals surface area contributed by atoms with Crippen molar-refractivity contribution in [2.75, 3.05) is 6.54 Å². The zero-order valence-corrected chi connectivity index (χ0v) is 11.7. The Bertz CT molecular complexity index is 380. The molecule has 1 atom stereocenters. The zero-order valence-electron chi connectivity index (χ0n) is 10.8. The highest BCUT2D eigenvalue weighted by atomic mass is 32.1. The summed E-state index contributed by atoms with van der Waals surface area (Å²) in [5, 5.41) is 9.86. The van der Waals surface area contributed by atoms with Crippen molar-refractivity contribution < 1.29 is 5.11 Å². The Morgan fingerprint density at radius 3 is 2.83 bits per heavy atom. The minimum atomic E-state index is -0.392. The molecule has 0 saturated heterocycles. The fourth-order valence-corrected chi connectivity index (χ4v) is 3.44. The van der Waals surface area contributed by atoms with E-state index in [0.29, 0.717) is 13.0 Å². The fourth-order valence-electron chi connectivity index (χ4n) is 2.49. The first kappa shape index (κ1) is 13.8. The molecule has 0 radical (unpaired) electrons. The molecule has 0 spiro atoms. The molecule has 2 rings (SSSR count). The van der Waals surface area contributed by atoms with Crippen LogP contribution >= 0.6 is 11.3 Å². The van der Waals surface area contributed by atoms with Crippen LogP contribution in [0.4, 0.5) is 0 Å². The van der Waals surface area contributed by atoms with E-state index in [1.54, 1.807) is 11.3 Å². The number of aliphatic hydroxyl groups is 1. The molecule has 1 saturated carbocycles. The maximum Gasteiger partial charge on any atom is 0.0894 e. The molecule has 1 unspecified atom stereocenters. The maximum atomic E-state index is 9.86. The minimum absolute atomic E-state index is 0.392. The van der Waals surface area contributed by atoms with E-state index in [0.717, 1.165) is 10.8 Å². The topological polar surface area (TPSA) is 46.2 Å². The first-order chi connectivity index (χ1) is 8.79. The summed E-state index contributed by atoms with van der Waals surface area (Å²) < 4.78 is 0. The minimum Gasteiger partial charge on any atom is -0.388 e. The summed E-state index contributed by atoms with van der Waals surface area (Å²) in [5.41, 5.74) is 5.46. The van der Waals surface area contributed by atoms with Crippen LogP contribution in [0.5, 0.6) is 0 Å². The molecule has 1 heterocycles. The summed E-state index contributed by atoms with van der Waals surface area (Å²) in [4.78, 5) is 2.27. The quantitative estimate of drug-likeness (QED) is 0.852. The van der Waals surface area contributed by atoms with Crippen molar-refractivity contribution in [1.82, 2.24) is 0 Å². The van der Waals surface area contributed by atoms with Crippen LogP contribution in [0.2, 0.25) is 0 Å². The van der Waals surface area contributed by atoms with Gasteiger partial charge in [-0.2, -0.15) is 0 Å². The van der Waals surface area contributed by atoms with E-state index in [2.05, 4.69) is 18.2 Å². The molecule has 3 N–H and O–H groups in total. The molecule has 1 aromatic rings. The third-order valence-electron chi connectivity index (χ3n) is 3.60. The van der Waals surface area contributed by atoms with Gasteiger partial charge in [0.25, 0.3) is 0 Å². The number of aliphatic hydroxyl groups excluding tert-OH is 1. The average Bonchev–Trinajstić information content (AvgIpc) is 2.87. The number of thiophene rings is 1. The molecule has 18 heavy (non-hydrogen) atoms. The summed E-state index contributed by atoms with van der Waals surface area (Å²) in [6.45, 7) is 0.534. The van der Waals surface area contributed by atoms with E-state index in [9.17, 15) is 5.11 Å². The summed E-state index contributed by atoms with van der Waals surface area (Å²) in [6, 6.07) is 4.12. The molecule has 0 bridgehead atoms. The molecule has 3 heteroatoms. The van der Waals surface area contributed by atoms with Crippen LogP contribution in [-0.2, 0) is 0 Å². The molecule has 0 aliphatic heterocycles. The summed E-state index contributed by atoms with van der Waals surface area (Å²) in [7, 11) is 0. The van der Waals surface area contributed by atoms with Gasteiger partial charge in [0.05, 0.1) is 6.10 Å². The number of hydrogen-bond acceptors (Lipinski definition) is 3. The summed E-state index contributed by atoms with van der Waals surface area (Å²) in [6.07, 6.45) is 11.7. The molecular formula is C15H23NOS. The van der Waals surface area contributed by atoms with E-state index < -0.39 is 6.10 Å². The monoisotopic (exact) mass is 265 g/mol. The van der Waals surface area contributed by atoms with Crippen LogP contribution in [-0.4, -0.2) is 11.7 Å². The first-order valence-electron chi connectivity index (χ1n) is 6.95. The highest BCUT2D eigenvalue weighted by molar-refractivity contribution is 7.12. The molecular weight excluding hydrogens is 242 g/mol. The Morgan fingerprint density at radius 2 is 2.11 bits per heavy atom. The van der Waals surface area contributed by atoms with Crippen molar-refractivity contribution in [1.29, 1.82) is 0 Å². The van der Waals surface area contributed by atoms with Gasteiger partial charge in [0.15, 0.2) is 0 Å². The van der Waals surface area contributed by atoms with E-state index in [1.165, 1.54) is 37.0 Å². The van der Waals surface area contributed by atoms with Gasteiger partial charge in [-0.25, -0.2) is 0 Å². The summed E-state index contributed by atoms with van der Waals surface area (Å²) >= 11 is 1.68. The van der Waals surface area contributed by atoms with Gasteiger partial charge < -0.3 is 10.8 Å². The zero-order chi connectivity index (χ0) is 12.8. The van der Waals surface area contributed by atoms with E-state index in [1.807, 2.05) is 6.07 Å². The highest BCUT2D eigenvalue weighted by Crippen LogP contribution is 2.28. The van der Waals surface area contributed by atoms with Crippen LogP contribution in [0.3, 0.4) is 0 Å². The van der Waals surface area contributed by atoms with Gasteiger partial charge in [-0.1, -0.05) is 25.3 Å². The van der Waals surface area contributed by atoms with Crippen LogP contribution < -0.4 is 5.73 Å². The van der Waals surface area contributed by atoms with E-state index in [-0.39, 0.29) is 0 Å². The molecule has 2 nitrogen and oxygen atoms in total.